The van der Waals surface area contributed by atoms with Crippen LogP contribution < -0.4 is 14.8 Å². The Hall–Kier alpha value is -1.26. The van der Waals surface area contributed by atoms with Gasteiger partial charge in [0, 0.05) is 30.8 Å². The summed E-state index contributed by atoms with van der Waals surface area (Å²) in [6, 6.07) is 6.34. The van der Waals surface area contributed by atoms with Crippen molar-refractivity contribution in [3.63, 3.8) is 0 Å². The largest absolute Gasteiger partial charge is 0.497 e. The van der Waals surface area contributed by atoms with Gasteiger partial charge in [0.1, 0.15) is 11.5 Å². The first kappa shape index (κ1) is 12.2. The van der Waals surface area contributed by atoms with E-state index in [1.54, 1.807) is 14.2 Å². The molecule has 17 heavy (non-hydrogen) atoms. The van der Waals surface area contributed by atoms with Crippen molar-refractivity contribution in [2.24, 2.45) is 0 Å². The minimum absolute atomic E-state index is 0.460. The summed E-state index contributed by atoms with van der Waals surface area (Å²) in [5.41, 5.74) is 1.14. The van der Waals surface area contributed by atoms with Crippen molar-refractivity contribution in [3.05, 3.63) is 23.8 Å². The van der Waals surface area contributed by atoms with E-state index in [0.717, 1.165) is 43.2 Å². The number of rotatable bonds is 5. The van der Waals surface area contributed by atoms with Crippen molar-refractivity contribution in [1.82, 2.24) is 5.32 Å². The highest BCUT2D eigenvalue weighted by molar-refractivity contribution is 5.40. The molecule has 1 fully saturated rings. The van der Waals surface area contributed by atoms with Crippen LogP contribution in [0.3, 0.4) is 0 Å². The van der Waals surface area contributed by atoms with E-state index in [2.05, 4.69) is 5.32 Å². The Labute approximate surface area is 102 Å². The predicted molar refractivity (Wildman–Crippen MR) is 65.6 cm³/mol. The van der Waals surface area contributed by atoms with Crippen molar-refractivity contribution < 1.29 is 14.2 Å². The summed E-state index contributed by atoms with van der Waals surface area (Å²) in [4.78, 5) is 0. The normalized spacial score (nSPS) is 19.3. The van der Waals surface area contributed by atoms with Gasteiger partial charge in [-0.1, -0.05) is 6.07 Å². The van der Waals surface area contributed by atoms with Gasteiger partial charge in [-0.3, -0.25) is 0 Å². The van der Waals surface area contributed by atoms with Gasteiger partial charge in [0.2, 0.25) is 0 Å². The molecule has 1 saturated heterocycles. The van der Waals surface area contributed by atoms with Gasteiger partial charge in [-0.2, -0.15) is 0 Å². The molecule has 1 aromatic carbocycles. The van der Waals surface area contributed by atoms with Crippen LogP contribution in [0, 0.1) is 0 Å². The summed E-state index contributed by atoms with van der Waals surface area (Å²) >= 11 is 0. The summed E-state index contributed by atoms with van der Waals surface area (Å²) < 4.78 is 15.8. The summed E-state index contributed by atoms with van der Waals surface area (Å²) in [5, 5.41) is 3.46. The van der Waals surface area contributed by atoms with Crippen LogP contribution in [0.4, 0.5) is 0 Å². The highest BCUT2D eigenvalue weighted by Gasteiger charge is 2.15. The zero-order chi connectivity index (χ0) is 12.1. The molecule has 1 aliphatic heterocycles. The van der Waals surface area contributed by atoms with Gasteiger partial charge in [-0.15, -0.1) is 0 Å². The highest BCUT2D eigenvalue weighted by atomic mass is 16.5. The average Bonchev–Trinajstić information content (AvgIpc) is 2.89. The van der Waals surface area contributed by atoms with Crippen molar-refractivity contribution in [2.75, 3.05) is 27.4 Å². The molecular weight excluding hydrogens is 218 g/mol. The lowest BCUT2D eigenvalue weighted by Crippen LogP contribution is -2.28. The highest BCUT2D eigenvalue weighted by Crippen LogP contribution is 2.24. The standard InChI is InChI=1S/C13H19NO3/c1-15-12-4-3-10(13(7-12)16-2)8-14-11-5-6-17-9-11/h3-4,7,11,14H,5-6,8-9H2,1-2H3/t11-/m1/s1. The molecule has 0 aliphatic carbocycles. The second-order valence-electron chi connectivity index (χ2n) is 4.12. The number of benzene rings is 1. The molecule has 94 valence electrons. The monoisotopic (exact) mass is 237 g/mol. The summed E-state index contributed by atoms with van der Waals surface area (Å²) in [7, 11) is 3.33. The Morgan fingerprint density at radius 1 is 1.35 bits per heavy atom. The van der Waals surface area contributed by atoms with Crippen LogP contribution in [0.1, 0.15) is 12.0 Å². The van der Waals surface area contributed by atoms with Gasteiger partial charge < -0.3 is 19.5 Å². The van der Waals surface area contributed by atoms with Crippen LogP contribution in [0.15, 0.2) is 18.2 Å². The quantitative estimate of drug-likeness (QED) is 0.844. The molecule has 0 saturated carbocycles. The fraction of sp³-hybridized carbons (Fsp3) is 0.538. The van der Waals surface area contributed by atoms with Gasteiger partial charge >= 0.3 is 0 Å². The molecule has 0 bridgehead atoms. The van der Waals surface area contributed by atoms with Crippen LogP contribution in [0.5, 0.6) is 11.5 Å². The second kappa shape index (κ2) is 5.89. The number of hydrogen-bond donors (Lipinski definition) is 1. The summed E-state index contributed by atoms with van der Waals surface area (Å²) in [6.45, 7) is 2.46. The van der Waals surface area contributed by atoms with Gasteiger partial charge in [0.15, 0.2) is 0 Å². The van der Waals surface area contributed by atoms with Crippen molar-refractivity contribution in [3.8, 4) is 11.5 Å². The van der Waals surface area contributed by atoms with E-state index in [9.17, 15) is 0 Å². The molecule has 1 atom stereocenters. The third-order valence-electron chi connectivity index (χ3n) is 3.01. The minimum atomic E-state index is 0.460. The maximum absolute atomic E-state index is 5.35. The van der Waals surface area contributed by atoms with Crippen LogP contribution in [0.2, 0.25) is 0 Å². The first-order valence-electron chi connectivity index (χ1n) is 5.85. The Bertz CT molecular complexity index is 362. The molecule has 1 N–H and O–H groups in total. The molecule has 4 nitrogen and oxygen atoms in total. The average molecular weight is 237 g/mol. The van der Waals surface area contributed by atoms with E-state index in [1.807, 2.05) is 18.2 Å². The van der Waals surface area contributed by atoms with E-state index in [0.29, 0.717) is 6.04 Å². The van der Waals surface area contributed by atoms with Crippen LogP contribution >= 0.6 is 0 Å². The van der Waals surface area contributed by atoms with E-state index in [4.69, 9.17) is 14.2 Å². The first-order chi connectivity index (χ1) is 8.33. The Kier molecular flexibility index (Phi) is 4.23. The first-order valence-corrected chi connectivity index (χ1v) is 5.85. The number of ether oxygens (including phenoxy) is 3. The molecule has 1 aromatic rings. The smallest absolute Gasteiger partial charge is 0.127 e. The van der Waals surface area contributed by atoms with Crippen molar-refractivity contribution >= 4 is 0 Å². The SMILES string of the molecule is COc1ccc(CN[C@@H]2CCOC2)c(OC)c1. The molecular formula is C13H19NO3. The topological polar surface area (TPSA) is 39.7 Å². The van der Waals surface area contributed by atoms with Crippen LogP contribution in [-0.4, -0.2) is 33.5 Å². The molecule has 1 aliphatic rings. The van der Waals surface area contributed by atoms with E-state index < -0.39 is 0 Å². The molecule has 0 aromatic heterocycles. The molecule has 0 unspecified atom stereocenters. The number of nitrogens with one attached hydrogen (secondary N) is 1. The molecule has 4 heteroatoms. The van der Waals surface area contributed by atoms with Crippen molar-refractivity contribution in [1.29, 1.82) is 0 Å². The predicted octanol–water partition coefficient (Wildman–Crippen LogP) is 1.58. The lowest BCUT2D eigenvalue weighted by Gasteiger charge is -2.14. The van der Waals surface area contributed by atoms with Crippen LogP contribution in [-0.2, 0) is 11.3 Å². The maximum atomic E-state index is 5.35. The zero-order valence-corrected chi connectivity index (χ0v) is 10.4. The molecule has 0 amide bonds. The fourth-order valence-corrected chi connectivity index (χ4v) is 1.95. The molecule has 2 rings (SSSR count). The Morgan fingerprint density at radius 2 is 2.24 bits per heavy atom. The summed E-state index contributed by atoms with van der Waals surface area (Å²) in [5.74, 6) is 1.67. The third-order valence-corrected chi connectivity index (χ3v) is 3.01. The van der Waals surface area contributed by atoms with Gasteiger partial charge in [0.25, 0.3) is 0 Å². The zero-order valence-electron chi connectivity index (χ0n) is 10.4. The van der Waals surface area contributed by atoms with E-state index in [-0.39, 0.29) is 0 Å². The summed E-state index contributed by atoms with van der Waals surface area (Å²) in [6.07, 6.45) is 1.08. The fourth-order valence-electron chi connectivity index (χ4n) is 1.95. The lowest BCUT2D eigenvalue weighted by atomic mass is 10.1. The van der Waals surface area contributed by atoms with E-state index in [1.165, 1.54) is 0 Å². The number of hydrogen-bond acceptors (Lipinski definition) is 4. The van der Waals surface area contributed by atoms with Gasteiger partial charge in [-0.25, -0.2) is 0 Å². The lowest BCUT2D eigenvalue weighted by molar-refractivity contribution is 0.189. The Morgan fingerprint density at radius 3 is 2.88 bits per heavy atom. The molecule has 1 heterocycles. The third kappa shape index (κ3) is 3.11. The molecule has 0 radical (unpaired) electrons. The minimum Gasteiger partial charge on any atom is -0.497 e. The molecule has 0 spiro atoms. The van der Waals surface area contributed by atoms with Gasteiger partial charge in [-0.05, 0) is 12.5 Å². The second-order valence-corrected chi connectivity index (χ2v) is 4.12. The van der Waals surface area contributed by atoms with Crippen molar-refractivity contribution in [2.45, 2.75) is 19.0 Å². The van der Waals surface area contributed by atoms with E-state index >= 15 is 0 Å². The van der Waals surface area contributed by atoms with Gasteiger partial charge in [0.05, 0.1) is 20.8 Å². The van der Waals surface area contributed by atoms with Crippen LogP contribution in [0.25, 0.3) is 0 Å². The Balaban J connectivity index is 1.98. The number of methoxy groups -OCH3 is 2. The maximum Gasteiger partial charge on any atom is 0.127 e.